The topological polar surface area (TPSA) is 71.0 Å². The minimum Gasteiger partial charge on any atom is -0.356 e. The van der Waals surface area contributed by atoms with E-state index in [-0.39, 0.29) is 5.91 Å². The number of aromatic nitrogens is 3. The minimum absolute atomic E-state index is 0.110. The number of nitrogens with zero attached hydrogens (tertiary/aromatic N) is 4. The SMILES string of the molecule is CC1CCN(c2cc(Cl)nc(SCc3cccc(C(=O)NCc4cccnc4)c3)n2)CC1. The molecule has 6 nitrogen and oxygen atoms in total. The molecule has 0 spiro atoms. The maximum Gasteiger partial charge on any atom is 0.251 e. The normalized spacial score (nSPS) is 14.4. The lowest BCUT2D eigenvalue weighted by Gasteiger charge is -2.31. The average Bonchev–Trinajstić information content (AvgIpc) is 2.82. The zero-order valence-corrected chi connectivity index (χ0v) is 19.6. The third kappa shape index (κ3) is 6.20. The van der Waals surface area contributed by atoms with E-state index in [1.165, 1.54) is 24.6 Å². The molecule has 0 radical (unpaired) electrons. The van der Waals surface area contributed by atoms with Crippen LogP contribution in [0.15, 0.2) is 60.0 Å². The van der Waals surface area contributed by atoms with Gasteiger partial charge in [0.15, 0.2) is 5.16 Å². The Morgan fingerprint density at radius 3 is 2.75 bits per heavy atom. The van der Waals surface area contributed by atoms with Gasteiger partial charge in [-0.05, 0) is 48.1 Å². The van der Waals surface area contributed by atoms with E-state index >= 15 is 0 Å². The minimum atomic E-state index is -0.110. The summed E-state index contributed by atoms with van der Waals surface area (Å²) < 4.78 is 0. The maximum absolute atomic E-state index is 12.5. The fourth-order valence-corrected chi connectivity index (χ4v) is 4.61. The van der Waals surface area contributed by atoms with Crippen LogP contribution in [0.5, 0.6) is 0 Å². The Kier molecular flexibility index (Phi) is 7.60. The molecular formula is C24H26ClN5OS. The van der Waals surface area contributed by atoms with Crippen molar-refractivity contribution in [1.82, 2.24) is 20.3 Å². The molecule has 1 N–H and O–H groups in total. The van der Waals surface area contributed by atoms with Gasteiger partial charge in [-0.25, -0.2) is 9.97 Å². The number of carbonyl (C=O) groups excluding carboxylic acids is 1. The number of amides is 1. The van der Waals surface area contributed by atoms with Crippen molar-refractivity contribution >= 4 is 35.1 Å². The summed E-state index contributed by atoms with van der Waals surface area (Å²) in [6, 6.07) is 13.3. The molecule has 1 aliphatic rings. The molecular weight excluding hydrogens is 442 g/mol. The van der Waals surface area contributed by atoms with Crippen LogP contribution in [0.4, 0.5) is 5.82 Å². The van der Waals surface area contributed by atoms with Crippen LogP contribution in [0.3, 0.4) is 0 Å². The highest BCUT2D eigenvalue weighted by molar-refractivity contribution is 7.98. The molecule has 1 saturated heterocycles. The molecule has 0 aliphatic carbocycles. The first-order valence-corrected chi connectivity index (χ1v) is 12.1. The molecule has 0 saturated carbocycles. The molecule has 4 rings (SSSR count). The van der Waals surface area contributed by atoms with Crippen LogP contribution in [-0.2, 0) is 12.3 Å². The fraction of sp³-hybridized carbons (Fsp3) is 0.333. The number of nitrogens with one attached hydrogen (secondary N) is 1. The van der Waals surface area contributed by atoms with E-state index in [1.54, 1.807) is 12.4 Å². The third-order valence-corrected chi connectivity index (χ3v) is 6.61. The predicted octanol–water partition coefficient (Wildman–Crippen LogP) is 4.98. The average molecular weight is 468 g/mol. The number of pyridine rings is 1. The molecule has 1 fully saturated rings. The first-order chi connectivity index (χ1) is 15.6. The molecule has 1 aliphatic heterocycles. The summed E-state index contributed by atoms with van der Waals surface area (Å²) >= 11 is 7.81. The van der Waals surface area contributed by atoms with Crippen molar-refractivity contribution in [2.24, 2.45) is 5.92 Å². The zero-order valence-electron chi connectivity index (χ0n) is 18.0. The zero-order chi connectivity index (χ0) is 22.3. The van der Waals surface area contributed by atoms with Gasteiger partial charge in [0.2, 0.25) is 0 Å². The first-order valence-electron chi connectivity index (χ1n) is 10.8. The van der Waals surface area contributed by atoms with Gasteiger partial charge in [-0.15, -0.1) is 0 Å². The number of hydrogen-bond acceptors (Lipinski definition) is 6. The van der Waals surface area contributed by atoms with Crippen molar-refractivity contribution in [2.45, 2.75) is 37.2 Å². The second-order valence-electron chi connectivity index (χ2n) is 8.03. The van der Waals surface area contributed by atoms with E-state index in [0.29, 0.717) is 28.2 Å². The summed E-state index contributed by atoms with van der Waals surface area (Å²) in [4.78, 5) is 28.0. The first kappa shape index (κ1) is 22.6. The highest BCUT2D eigenvalue weighted by atomic mass is 35.5. The van der Waals surface area contributed by atoms with Crippen LogP contribution < -0.4 is 10.2 Å². The summed E-state index contributed by atoms with van der Waals surface area (Å²) in [6.45, 7) is 4.72. The van der Waals surface area contributed by atoms with E-state index in [4.69, 9.17) is 16.6 Å². The van der Waals surface area contributed by atoms with Crippen LogP contribution >= 0.6 is 23.4 Å². The van der Waals surface area contributed by atoms with Crippen LogP contribution in [0, 0.1) is 5.92 Å². The fourth-order valence-electron chi connectivity index (χ4n) is 3.59. The quantitative estimate of drug-likeness (QED) is 0.300. The van der Waals surface area contributed by atoms with Gasteiger partial charge in [-0.3, -0.25) is 9.78 Å². The molecule has 2 aromatic heterocycles. The van der Waals surface area contributed by atoms with Crippen molar-refractivity contribution in [3.05, 3.63) is 76.7 Å². The summed E-state index contributed by atoms with van der Waals surface area (Å²) in [5, 5.41) is 4.05. The highest BCUT2D eigenvalue weighted by Gasteiger charge is 2.18. The van der Waals surface area contributed by atoms with E-state index in [1.807, 2.05) is 42.5 Å². The lowest BCUT2D eigenvalue weighted by atomic mass is 9.99. The molecule has 0 atom stereocenters. The van der Waals surface area contributed by atoms with Crippen molar-refractivity contribution in [2.75, 3.05) is 18.0 Å². The monoisotopic (exact) mass is 467 g/mol. The van der Waals surface area contributed by atoms with Crippen molar-refractivity contribution < 1.29 is 4.79 Å². The predicted molar refractivity (Wildman–Crippen MR) is 129 cm³/mol. The van der Waals surface area contributed by atoms with Crippen LogP contribution in [-0.4, -0.2) is 33.9 Å². The maximum atomic E-state index is 12.5. The molecule has 3 heterocycles. The Morgan fingerprint density at radius 1 is 1.16 bits per heavy atom. The summed E-state index contributed by atoms with van der Waals surface area (Å²) in [7, 11) is 0. The molecule has 1 amide bonds. The molecule has 1 aromatic carbocycles. The lowest BCUT2D eigenvalue weighted by Crippen LogP contribution is -2.33. The van der Waals surface area contributed by atoms with Gasteiger partial charge in [0.1, 0.15) is 11.0 Å². The Bertz CT molecular complexity index is 1060. The van der Waals surface area contributed by atoms with Crippen LogP contribution in [0.2, 0.25) is 5.15 Å². The number of rotatable bonds is 7. The summed E-state index contributed by atoms with van der Waals surface area (Å²) in [5.74, 6) is 2.19. The number of hydrogen-bond donors (Lipinski definition) is 1. The Labute approximate surface area is 197 Å². The Morgan fingerprint density at radius 2 is 1.97 bits per heavy atom. The van der Waals surface area contributed by atoms with Crippen molar-refractivity contribution in [1.29, 1.82) is 0 Å². The second kappa shape index (κ2) is 10.8. The molecule has 0 unspecified atom stereocenters. The Balaban J connectivity index is 1.37. The van der Waals surface area contributed by atoms with Gasteiger partial charge in [-0.1, -0.05) is 48.5 Å². The third-order valence-electron chi connectivity index (χ3n) is 5.50. The second-order valence-corrected chi connectivity index (χ2v) is 9.36. The van der Waals surface area contributed by atoms with Gasteiger partial charge < -0.3 is 10.2 Å². The molecule has 8 heteroatoms. The van der Waals surface area contributed by atoms with E-state index < -0.39 is 0 Å². The Hall–Kier alpha value is -2.64. The van der Waals surface area contributed by atoms with Crippen LogP contribution in [0.1, 0.15) is 41.3 Å². The highest BCUT2D eigenvalue weighted by Crippen LogP contribution is 2.27. The van der Waals surface area contributed by atoms with E-state index in [0.717, 1.165) is 36.0 Å². The lowest BCUT2D eigenvalue weighted by molar-refractivity contribution is 0.0951. The van der Waals surface area contributed by atoms with Gasteiger partial charge >= 0.3 is 0 Å². The standard InChI is InChI=1S/C24H26ClN5OS/c1-17-7-10-30(11-8-17)22-13-21(25)28-24(29-22)32-16-18-4-2-6-20(12-18)23(31)27-15-19-5-3-9-26-14-19/h2-6,9,12-14,17H,7-8,10-11,15-16H2,1H3,(H,27,31). The number of piperidine rings is 1. The van der Waals surface area contributed by atoms with Crippen LogP contribution in [0.25, 0.3) is 0 Å². The van der Waals surface area contributed by atoms with Crippen molar-refractivity contribution in [3.8, 4) is 0 Å². The smallest absolute Gasteiger partial charge is 0.251 e. The molecule has 3 aromatic rings. The molecule has 32 heavy (non-hydrogen) atoms. The number of anilines is 1. The van der Waals surface area contributed by atoms with Gasteiger partial charge in [0.05, 0.1) is 0 Å². The van der Waals surface area contributed by atoms with Gasteiger partial charge in [0.25, 0.3) is 5.91 Å². The number of halogens is 1. The molecule has 0 bridgehead atoms. The van der Waals surface area contributed by atoms with E-state index in [9.17, 15) is 4.79 Å². The summed E-state index contributed by atoms with van der Waals surface area (Å²) in [5.41, 5.74) is 2.62. The largest absolute Gasteiger partial charge is 0.356 e. The van der Waals surface area contributed by atoms with E-state index in [2.05, 4.69) is 27.1 Å². The number of thioether (sulfide) groups is 1. The summed E-state index contributed by atoms with van der Waals surface area (Å²) in [6.07, 6.45) is 5.79. The van der Waals surface area contributed by atoms with Gasteiger partial charge in [0, 0.05) is 49.4 Å². The van der Waals surface area contributed by atoms with Crippen molar-refractivity contribution in [3.63, 3.8) is 0 Å². The molecule has 166 valence electrons. The number of benzene rings is 1. The van der Waals surface area contributed by atoms with Gasteiger partial charge in [-0.2, -0.15) is 0 Å². The number of carbonyl (C=O) groups is 1.